The maximum atomic E-state index is 14.4. The number of thioether (sulfide) groups is 1. The minimum atomic E-state index is -4.54. The second-order valence-electron chi connectivity index (χ2n) is 9.21. The Balaban J connectivity index is 1.35. The van der Waals surface area contributed by atoms with Crippen molar-refractivity contribution >= 4 is 51.4 Å². The molecule has 5 rings (SSSR count). The van der Waals surface area contributed by atoms with Crippen molar-refractivity contribution in [3.8, 4) is 0 Å². The molecule has 1 aromatic heterocycles. The lowest BCUT2D eigenvalue weighted by molar-refractivity contribution is -0.138. The standard InChI is InChI=1S/C26H23ClF4N4OS/c1-34(22-5-3-2-4-20(22)28)25-33-24(36)23(37-25)11-15-6-9-21-17(10-15)13-32-35(21)14-16-7-8-18(27)12-19(16)26(29,30)31/h6-13,20,22H,2-5,14H2,1H3/b23-11-/t20-,22+/m1/s1. The highest BCUT2D eigenvalue weighted by Gasteiger charge is 2.35. The highest BCUT2D eigenvalue weighted by atomic mass is 35.5. The number of amides is 1. The number of aliphatic imine (C=N–C) groups is 1. The summed E-state index contributed by atoms with van der Waals surface area (Å²) in [6.45, 7) is -0.0788. The van der Waals surface area contributed by atoms with Crippen LogP contribution in [0, 0.1) is 0 Å². The molecule has 1 amide bonds. The van der Waals surface area contributed by atoms with Crippen LogP contribution in [-0.4, -0.2) is 45.0 Å². The number of rotatable bonds is 4. The van der Waals surface area contributed by atoms with Crippen LogP contribution in [0.5, 0.6) is 0 Å². The van der Waals surface area contributed by atoms with Gasteiger partial charge in [0.05, 0.1) is 34.8 Å². The Morgan fingerprint density at radius 1 is 1.19 bits per heavy atom. The van der Waals surface area contributed by atoms with E-state index in [0.29, 0.717) is 27.4 Å². The number of hydrogen-bond donors (Lipinski definition) is 0. The number of alkyl halides is 4. The quantitative estimate of drug-likeness (QED) is 0.261. The molecule has 2 heterocycles. The number of carbonyl (C=O) groups is 1. The van der Waals surface area contributed by atoms with Gasteiger partial charge in [0.1, 0.15) is 6.17 Å². The van der Waals surface area contributed by atoms with E-state index in [1.807, 2.05) is 6.07 Å². The summed E-state index contributed by atoms with van der Waals surface area (Å²) in [5, 5.41) is 5.50. The maximum Gasteiger partial charge on any atom is 0.416 e. The summed E-state index contributed by atoms with van der Waals surface area (Å²) in [5.74, 6) is -0.378. The highest BCUT2D eigenvalue weighted by molar-refractivity contribution is 8.18. The molecular formula is C26H23ClF4N4OS. The van der Waals surface area contributed by atoms with Crippen molar-refractivity contribution in [3.63, 3.8) is 0 Å². The van der Waals surface area contributed by atoms with Crippen molar-refractivity contribution in [1.82, 2.24) is 14.7 Å². The van der Waals surface area contributed by atoms with E-state index >= 15 is 0 Å². The zero-order chi connectivity index (χ0) is 26.3. The molecule has 0 N–H and O–H groups in total. The van der Waals surface area contributed by atoms with Gasteiger partial charge in [0.2, 0.25) is 0 Å². The van der Waals surface area contributed by atoms with Crippen LogP contribution in [0.4, 0.5) is 17.6 Å². The molecule has 1 aliphatic carbocycles. The van der Waals surface area contributed by atoms with E-state index in [4.69, 9.17) is 11.6 Å². The zero-order valence-electron chi connectivity index (χ0n) is 19.8. The highest BCUT2D eigenvalue weighted by Crippen LogP contribution is 2.36. The minimum Gasteiger partial charge on any atom is -0.348 e. The van der Waals surface area contributed by atoms with Crippen LogP contribution in [0.15, 0.2) is 52.5 Å². The van der Waals surface area contributed by atoms with Gasteiger partial charge < -0.3 is 4.90 Å². The number of amidine groups is 1. The molecule has 1 saturated carbocycles. The monoisotopic (exact) mass is 550 g/mol. The number of halogens is 5. The predicted octanol–water partition coefficient (Wildman–Crippen LogP) is 6.94. The van der Waals surface area contributed by atoms with Crippen LogP contribution in [0.25, 0.3) is 17.0 Å². The molecule has 0 bridgehead atoms. The van der Waals surface area contributed by atoms with Gasteiger partial charge in [-0.2, -0.15) is 23.3 Å². The molecule has 2 aliphatic rings. The molecule has 2 atom stereocenters. The lowest BCUT2D eigenvalue weighted by atomic mass is 9.93. The molecular weight excluding hydrogens is 528 g/mol. The van der Waals surface area contributed by atoms with Gasteiger partial charge in [-0.1, -0.05) is 36.6 Å². The molecule has 1 aliphatic heterocycles. The molecule has 0 unspecified atom stereocenters. The van der Waals surface area contributed by atoms with Crippen molar-refractivity contribution in [1.29, 1.82) is 0 Å². The fraction of sp³-hybridized carbons (Fsp3) is 0.346. The number of fused-ring (bicyclic) bond motifs is 1. The molecule has 1 fully saturated rings. The fourth-order valence-electron chi connectivity index (χ4n) is 4.78. The molecule has 0 saturated heterocycles. The van der Waals surface area contributed by atoms with Crippen LogP contribution in [-0.2, 0) is 17.5 Å². The largest absolute Gasteiger partial charge is 0.416 e. The lowest BCUT2D eigenvalue weighted by Gasteiger charge is -2.34. The molecule has 194 valence electrons. The maximum absolute atomic E-state index is 14.4. The lowest BCUT2D eigenvalue weighted by Crippen LogP contribution is -2.43. The van der Waals surface area contributed by atoms with Crippen LogP contribution < -0.4 is 0 Å². The van der Waals surface area contributed by atoms with Gasteiger partial charge in [0, 0.05) is 17.5 Å². The first-order valence-corrected chi connectivity index (χ1v) is 13.0. The smallest absolute Gasteiger partial charge is 0.348 e. The Morgan fingerprint density at radius 3 is 2.73 bits per heavy atom. The number of benzene rings is 2. The molecule has 0 radical (unpaired) electrons. The van der Waals surface area contributed by atoms with Gasteiger partial charge in [-0.25, -0.2) is 4.39 Å². The summed E-state index contributed by atoms with van der Waals surface area (Å²) < 4.78 is 56.4. The second-order valence-corrected chi connectivity index (χ2v) is 10.7. The zero-order valence-corrected chi connectivity index (χ0v) is 21.4. The summed E-state index contributed by atoms with van der Waals surface area (Å²) in [5.41, 5.74) is 0.641. The van der Waals surface area contributed by atoms with Gasteiger partial charge in [0.25, 0.3) is 5.91 Å². The van der Waals surface area contributed by atoms with Crippen LogP contribution in [0.1, 0.15) is 42.4 Å². The van der Waals surface area contributed by atoms with Crippen molar-refractivity contribution in [2.75, 3.05) is 7.05 Å². The number of hydrogen-bond acceptors (Lipinski definition) is 4. The van der Waals surface area contributed by atoms with Crippen molar-refractivity contribution in [3.05, 3.63) is 69.2 Å². The normalized spacial score (nSPS) is 21.6. The second kappa shape index (κ2) is 10.1. The van der Waals surface area contributed by atoms with Gasteiger partial charge in [0.15, 0.2) is 5.17 Å². The summed E-state index contributed by atoms with van der Waals surface area (Å²) >= 11 is 7.01. The predicted molar refractivity (Wildman–Crippen MR) is 138 cm³/mol. The Morgan fingerprint density at radius 2 is 1.97 bits per heavy atom. The molecule has 37 heavy (non-hydrogen) atoms. The fourth-order valence-corrected chi connectivity index (χ4v) is 5.88. The molecule has 3 aromatic rings. The Kier molecular flexibility index (Phi) is 7.06. The Labute approximate surface area is 220 Å². The average Bonchev–Trinajstić information content (AvgIpc) is 3.42. The van der Waals surface area contributed by atoms with E-state index < -0.39 is 17.9 Å². The minimum absolute atomic E-state index is 0.0139. The third-order valence-electron chi connectivity index (χ3n) is 6.72. The molecule has 5 nitrogen and oxygen atoms in total. The third-order valence-corrected chi connectivity index (χ3v) is 8.03. The van der Waals surface area contributed by atoms with E-state index in [1.54, 1.807) is 36.4 Å². The number of aromatic nitrogens is 2. The first-order chi connectivity index (χ1) is 17.6. The van der Waals surface area contributed by atoms with Crippen LogP contribution in [0.2, 0.25) is 5.02 Å². The molecule has 2 aromatic carbocycles. The van der Waals surface area contributed by atoms with Crippen molar-refractivity contribution in [2.45, 2.75) is 50.6 Å². The van der Waals surface area contributed by atoms with E-state index in [9.17, 15) is 22.4 Å². The van der Waals surface area contributed by atoms with E-state index in [0.717, 1.165) is 30.9 Å². The topological polar surface area (TPSA) is 50.5 Å². The van der Waals surface area contributed by atoms with Crippen LogP contribution in [0.3, 0.4) is 0 Å². The van der Waals surface area contributed by atoms with Crippen molar-refractivity contribution in [2.24, 2.45) is 4.99 Å². The Hall–Kier alpha value is -2.85. The van der Waals surface area contributed by atoms with Crippen LogP contribution >= 0.6 is 23.4 Å². The van der Waals surface area contributed by atoms with E-state index in [-0.39, 0.29) is 29.1 Å². The first-order valence-electron chi connectivity index (χ1n) is 11.8. The van der Waals surface area contributed by atoms with Crippen molar-refractivity contribution < 1.29 is 22.4 Å². The number of carbonyl (C=O) groups excluding carboxylic acids is 1. The van der Waals surface area contributed by atoms with Gasteiger partial charge in [-0.15, -0.1) is 0 Å². The number of nitrogens with zero attached hydrogens (tertiary/aromatic N) is 4. The molecule has 11 heteroatoms. The Bertz CT molecular complexity index is 1420. The van der Waals surface area contributed by atoms with Gasteiger partial charge in [-0.05, 0) is 66.1 Å². The average molecular weight is 551 g/mol. The first kappa shape index (κ1) is 25.8. The summed E-state index contributed by atoms with van der Waals surface area (Å²) in [6.07, 6.45) is 0.880. The molecule has 0 spiro atoms. The summed E-state index contributed by atoms with van der Waals surface area (Å²) in [7, 11) is 1.77. The third kappa shape index (κ3) is 5.40. The summed E-state index contributed by atoms with van der Waals surface area (Å²) in [4.78, 5) is 18.9. The van der Waals surface area contributed by atoms with Gasteiger partial charge >= 0.3 is 6.18 Å². The van der Waals surface area contributed by atoms with E-state index in [2.05, 4.69) is 10.1 Å². The van der Waals surface area contributed by atoms with Gasteiger partial charge in [-0.3, -0.25) is 9.48 Å². The SMILES string of the molecule is CN(C1=NC(=O)/C(=C/c2ccc3c(cnn3Cc3ccc(Cl)cc3C(F)(F)F)c2)S1)[C@H]1CCCC[C@H]1F. The summed E-state index contributed by atoms with van der Waals surface area (Å²) in [6, 6.07) is 8.75. The van der Waals surface area contributed by atoms with E-state index in [1.165, 1.54) is 28.6 Å².